The van der Waals surface area contributed by atoms with E-state index in [9.17, 15) is 13.2 Å². The molecule has 1 aromatic heterocycles. The number of aromatic nitrogens is 2. The molecule has 0 spiro atoms. The lowest BCUT2D eigenvalue weighted by molar-refractivity contribution is -0.135. The number of hydrogen-bond acceptors (Lipinski definition) is 2. The van der Waals surface area contributed by atoms with Crippen LogP contribution in [0.15, 0.2) is 0 Å². The first-order valence-electron chi connectivity index (χ1n) is 6.43. The van der Waals surface area contributed by atoms with E-state index in [0.29, 0.717) is 18.2 Å². The third kappa shape index (κ3) is 6.82. The van der Waals surface area contributed by atoms with E-state index < -0.39 is 12.6 Å². The second-order valence-electron chi connectivity index (χ2n) is 4.45. The number of nitrogens with zero attached hydrogens (tertiary/aromatic N) is 1. The number of nitrogens with one attached hydrogen (secondary N) is 2. The summed E-state index contributed by atoms with van der Waals surface area (Å²) in [6.07, 6.45) is -1.84. The number of hydrogen-bond donors (Lipinski definition) is 2. The van der Waals surface area contributed by atoms with Gasteiger partial charge in [-0.2, -0.15) is 13.2 Å². The van der Waals surface area contributed by atoms with Crippen LogP contribution in [-0.4, -0.2) is 22.7 Å². The number of rotatable bonds is 8. The summed E-state index contributed by atoms with van der Waals surface area (Å²) >= 11 is 5.95. The van der Waals surface area contributed by atoms with Crippen molar-refractivity contribution < 1.29 is 13.2 Å². The van der Waals surface area contributed by atoms with Gasteiger partial charge < -0.3 is 10.3 Å². The first-order valence-corrected chi connectivity index (χ1v) is 6.81. The lowest BCUT2D eigenvalue weighted by Gasteiger charge is -2.06. The molecule has 19 heavy (non-hydrogen) atoms. The SMILES string of the molecule is CCCCc1nc(Cl)c(CNCCCC(F)(F)F)[nH]1. The van der Waals surface area contributed by atoms with E-state index in [1.54, 1.807) is 0 Å². The quantitative estimate of drug-likeness (QED) is 0.716. The second-order valence-corrected chi connectivity index (χ2v) is 4.81. The highest BCUT2D eigenvalue weighted by atomic mass is 35.5. The van der Waals surface area contributed by atoms with Gasteiger partial charge in [-0.05, 0) is 19.4 Å². The molecule has 0 aliphatic rings. The van der Waals surface area contributed by atoms with E-state index in [2.05, 4.69) is 22.2 Å². The lowest BCUT2D eigenvalue weighted by Crippen LogP contribution is -2.18. The van der Waals surface area contributed by atoms with E-state index in [4.69, 9.17) is 11.6 Å². The molecule has 110 valence electrons. The molecule has 0 fully saturated rings. The topological polar surface area (TPSA) is 40.7 Å². The zero-order chi connectivity index (χ0) is 14.3. The smallest absolute Gasteiger partial charge is 0.344 e. The number of aromatic amines is 1. The van der Waals surface area contributed by atoms with Gasteiger partial charge in [-0.15, -0.1) is 0 Å². The largest absolute Gasteiger partial charge is 0.389 e. The molecule has 0 aliphatic heterocycles. The second kappa shape index (κ2) is 7.75. The fourth-order valence-electron chi connectivity index (χ4n) is 1.65. The van der Waals surface area contributed by atoms with Crippen molar-refractivity contribution in [3.8, 4) is 0 Å². The number of H-pyrrole nitrogens is 1. The van der Waals surface area contributed by atoms with Gasteiger partial charge in [0.15, 0.2) is 5.15 Å². The van der Waals surface area contributed by atoms with Gasteiger partial charge in [0.1, 0.15) is 5.82 Å². The van der Waals surface area contributed by atoms with Crippen molar-refractivity contribution in [3.05, 3.63) is 16.7 Å². The van der Waals surface area contributed by atoms with Crippen molar-refractivity contribution in [2.45, 2.75) is 51.7 Å². The standard InChI is InChI=1S/C12H19ClF3N3/c1-2-3-5-10-18-9(11(13)19-10)8-17-7-4-6-12(14,15)16/h17H,2-8H2,1H3,(H,18,19). The van der Waals surface area contributed by atoms with E-state index in [0.717, 1.165) is 30.8 Å². The Balaban J connectivity index is 2.27. The molecular formula is C12H19ClF3N3. The van der Waals surface area contributed by atoms with Gasteiger partial charge in [-0.3, -0.25) is 0 Å². The number of imidazole rings is 1. The Kier molecular flexibility index (Phi) is 6.65. The van der Waals surface area contributed by atoms with E-state index in [1.807, 2.05) is 0 Å². The highest BCUT2D eigenvalue weighted by Gasteiger charge is 2.25. The molecule has 0 radical (unpaired) electrons. The number of alkyl halides is 3. The number of unbranched alkanes of at least 4 members (excludes halogenated alkanes) is 1. The van der Waals surface area contributed by atoms with Crippen LogP contribution >= 0.6 is 11.6 Å². The molecule has 0 aliphatic carbocycles. The molecule has 3 nitrogen and oxygen atoms in total. The van der Waals surface area contributed by atoms with Crippen LogP contribution in [0.25, 0.3) is 0 Å². The van der Waals surface area contributed by atoms with Crippen molar-refractivity contribution in [2.75, 3.05) is 6.54 Å². The summed E-state index contributed by atoms with van der Waals surface area (Å²) in [6, 6.07) is 0. The van der Waals surface area contributed by atoms with Crippen LogP contribution in [-0.2, 0) is 13.0 Å². The Labute approximate surface area is 115 Å². The van der Waals surface area contributed by atoms with Gasteiger partial charge in [-0.1, -0.05) is 24.9 Å². The molecule has 0 amide bonds. The Morgan fingerprint density at radius 1 is 1.32 bits per heavy atom. The van der Waals surface area contributed by atoms with Gasteiger partial charge in [-0.25, -0.2) is 4.98 Å². The maximum Gasteiger partial charge on any atom is 0.389 e. The van der Waals surface area contributed by atoms with Gasteiger partial charge in [0, 0.05) is 19.4 Å². The maximum atomic E-state index is 11.9. The highest BCUT2D eigenvalue weighted by Crippen LogP contribution is 2.20. The molecule has 0 unspecified atom stereocenters. The minimum atomic E-state index is -4.08. The lowest BCUT2D eigenvalue weighted by atomic mass is 10.2. The minimum Gasteiger partial charge on any atom is -0.344 e. The Morgan fingerprint density at radius 2 is 2.05 bits per heavy atom. The average Bonchev–Trinajstić information content (AvgIpc) is 2.66. The summed E-state index contributed by atoms with van der Waals surface area (Å²) in [5, 5.41) is 3.33. The van der Waals surface area contributed by atoms with Gasteiger partial charge >= 0.3 is 6.18 Å². The van der Waals surface area contributed by atoms with Crippen LogP contribution < -0.4 is 5.32 Å². The molecule has 1 aromatic rings. The molecule has 0 saturated carbocycles. The normalized spacial score (nSPS) is 12.1. The predicted molar refractivity (Wildman–Crippen MR) is 69.2 cm³/mol. The Bertz CT molecular complexity index is 377. The zero-order valence-electron chi connectivity index (χ0n) is 10.9. The summed E-state index contributed by atoms with van der Waals surface area (Å²) in [6.45, 7) is 2.81. The minimum absolute atomic E-state index is 0.0674. The Morgan fingerprint density at radius 3 is 2.68 bits per heavy atom. The zero-order valence-corrected chi connectivity index (χ0v) is 11.7. The molecule has 0 atom stereocenters. The van der Waals surface area contributed by atoms with Gasteiger partial charge in [0.05, 0.1) is 5.69 Å². The van der Waals surface area contributed by atoms with Crippen molar-refractivity contribution >= 4 is 11.6 Å². The van der Waals surface area contributed by atoms with Crippen LogP contribution in [0.1, 0.15) is 44.1 Å². The van der Waals surface area contributed by atoms with Crippen LogP contribution in [0.5, 0.6) is 0 Å². The van der Waals surface area contributed by atoms with Gasteiger partial charge in [0.2, 0.25) is 0 Å². The first kappa shape index (κ1) is 16.3. The van der Waals surface area contributed by atoms with Crippen molar-refractivity contribution in [1.29, 1.82) is 0 Å². The molecular weight excluding hydrogens is 279 g/mol. The van der Waals surface area contributed by atoms with Crippen molar-refractivity contribution in [3.63, 3.8) is 0 Å². The average molecular weight is 298 g/mol. The van der Waals surface area contributed by atoms with E-state index in [-0.39, 0.29) is 6.42 Å². The summed E-state index contributed by atoms with van der Waals surface area (Å²) in [5.74, 6) is 0.832. The summed E-state index contributed by atoms with van der Waals surface area (Å²) in [7, 11) is 0. The molecule has 2 N–H and O–H groups in total. The van der Waals surface area contributed by atoms with Crippen molar-refractivity contribution in [2.24, 2.45) is 0 Å². The molecule has 7 heteroatoms. The first-order chi connectivity index (χ1) is 8.92. The Hall–Kier alpha value is -0.750. The third-order valence-electron chi connectivity index (χ3n) is 2.66. The third-order valence-corrected chi connectivity index (χ3v) is 2.97. The summed E-state index contributed by atoms with van der Waals surface area (Å²) in [5.41, 5.74) is 0.736. The molecule has 0 saturated heterocycles. The van der Waals surface area contributed by atoms with Gasteiger partial charge in [0.25, 0.3) is 0 Å². The van der Waals surface area contributed by atoms with E-state index >= 15 is 0 Å². The predicted octanol–water partition coefficient (Wildman–Crippen LogP) is 3.84. The van der Waals surface area contributed by atoms with Crippen molar-refractivity contribution in [1.82, 2.24) is 15.3 Å². The van der Waals surface area contributed by atoms with Crippen LogP contribution in [0.4, 0.5) is 13.2 Å². The monoisotopic (exact) mass is 297 g/mol. The fourth-order valence-corrected chi connectivity index (χ4v) is 1.86. The molecule has 0 aromatic carbocycles. The highest BCUT2D eigenvalue weighted by molar-refractivity contribution is 6.30. The van der Waals surface area contributed by atoms with Crippen LogP contribution in [0.2, 0.25) is 5.15 Å². The molecule has 1 heterocycles. The summed E-state index contributed by atoms with van der Waals surface area (Å²) in [4.78, 5) is 7.27. The van der Waals surface area contributed by atoms with E-state index in [1.165, 1.54) is 0 Å². The number of halogens is 4. The van der Waals surface area contributed by atoms with Crippen LogP contribution in [0.3, 0.4) is 0 Å². The summed E-state index contributed by atoms with van der Waals surface area (Å²) < 4.78 is 35.8. The molecule has 1 rings (SSSR count). The fraction of sp³-hybridized carbons (Fsp3) is 0.750. The van der Waals surface area contributed by atoms with Crippen LogP contribution in [0, 0.1) is 0 Å². The molecule has 0 bridgehead atoms. The number of aryl methyl sites for hydroxylation is 1. The maximum absolute atomic E-state index is 11.9.